The minimum Gasteiger partial charge on any atom is -0.496 e. The predicted octanol–water partition coefficient (Wildman–Crippen LogP) is 4.30. The molecule has 3 heterocycles. The fourth-order valence-electron chi connectivity index (χ4n) is 4.98. The first-order chi connectivity index (χ1) is 17.2. The van der Waals surface area contributed by atoms with Crippen molar-refractivity contribution in [1.29, 1.82) is 0 Å². The van der Waals surface area contributed by atoms with Crippen LogP contribution in [0.5, 0.6) is 17.2 Å². The molecule has 0 amide bonds. The molecule has 0 N–H and O–H groups in total. The van der Waals surface area contributed by atoms with Crippen LogP contribution >= 0.6 is 0 Å². The van der Waals surface area contributed by atoms with Crippen molar-refractivity contribution in [3.63, 3.8) is 0 Å². The van der Waals surface area contributed by atoms with E-state index >= 15 is 0 Å². The monoisotopic (exact) mass is 492 g/mol. The van der Waals surface area contributed by atoms with E-state index in [0.29, 0.717) is 36.9 Å². The summed E-state index contributed by atoms with van der Waals surface area (Å²) in [5, 5.41) is 14.1. The second-order valence-electron chi connectivity index (χ2n) is 9.29. The number of aromatic nitrogens is 6. The molecule has 0 fully saturated rings. The summed E-state index contributed by atoms with van der Waals surface area (Å²) >= 11 is 0. The first-order valence-corrected chi connectivity index (χ1v) is 12.0. The Labute approximate surface area is 212 Å². The number of methoxy groups -OCH3 is 3. The molecule has 0 atom stereocenters. The van der Waals surface area contributed by atoms with Gasteiger partial charge in [0.1, 0.15) is 17.2 Å². The van der Waals surface area contributed by atoms with Crippen LogP contribution in [0.3, 0.4) is 0 Å². The van der Waals surface area contributed by atoms with Crippen molar-refractivity contribution < 1.29 is 14.2 Å². The Hall–Kier alpha value is -3.75. The maximum absolute atomic E-state index is 6.07. The van der Waals surface area contributed by atoms with Crippen molar-refractivity contribution in [1.82, 2.24) is 29.3 Å². The molecule has 3 aromatic heterocycles. The van der Waals surface area contributed by atoms with Gasteiger partial charge in [-0.2, -0.15) is 15.3 Å². The van der Waals surface area contributed by atoms with Crippen LogP contribution in [-0.4, -0.2) is 50.7 Å². The van der Waals surface area contributed by atoms with E-state index < -0.39 is 0 Å². The number of benzene rings is 1. The molecule has 0 aliphatic carbocycles. The summed E-state index contributed by atoms with van der Waals surface area (Å²) in [6.07, 6.45) is 0. The van der Waals surface area contributed by atoms with Crippen molar-refractivity contribution in [3.8, 4) is 17.2 Å². The summed E-state index contributed by atoms with van der Waals surface area (Å²) in [5.41, 5.74) is 8.78. The van der Waals surface area contributed by atoms with Crippen LogP contribution in [-0.2, 0) is 19.6 Å². The lowest BCUT2D eigenvalue weighted by Crippen LogP contribution is -2.16. The summed E-state index contributed by atoms with van der Waals surface area (Å²) < 4.78 is 24.1. The molecule has 0 aliphatic heterocycles. The molecule has 0 aliphatic rings. The molecule has 4 aromatic rings. The molecule has 9 nitrogen and oxygen atoms in total. The number of aryl methyl sites for hydroxylation is 6. The molecule has 0 unspecified atom stereocenters. The summed E-state index contributed by atoms with van der Waals surface area (Å²) in [4.78, 5) is 0. The molecule has 0 saturated heterocycles. The largest absolute Gasteiger partial charge is 0.496 e. The van der Waals surface area contributed by atoms with Crippen molar-refractivity contribution >= 4 is 0 Å². The van der Waals surface area contributed by atoms with E-state index in [4.69, 9.17) is 29.5 Å². The Kier molecular flexibility index (Phi) is 7.10. The molecule has 0 spiro atoms. The average molecular weight is 493 g/mol. The van der Waals surface area contributed by atoms with Gasteiger partial charge in [0, 0.05) is 17.1 Å². The van der Waals surface area contributed by atoms with Gasteiger partial charge in [0.25, 0.3) is 0 Å². The van der Waals surface area contributed by atoms with E-state index in [1.54, 1.807) is 21.3 Å². The van der Waals surface area contributed by atoms with Gasteiger partial charge in [-0.05, 0) is 59.7 Å². The van der Waals surface area contributed by atoms with Gasteiger partial charge in [-0.1, -0.05) is 0 Å². The normalized spacial score (nSPS) is 11.2. The van der Waals surface area contributed by atoms with Crippen LogP contribution in [0.25, 0.3) is 0 Å². The molecule has 0 saturated carbocycles. The molecular weight excluding hydrogens is 456 g/mol. The highest BCUT2D eigenvalue weighted by molar-refractivity contribution is 5.63. The Morgan fingerprint density at radius 1 is 0.500 bits per heavy atom. The fourth-order valence-corrected chi connectivity index (χ4v) is 4.98. The fraction of sp³-hybridized carbons (Fsp3) is 0.444. The molecule has 192 valence electrons. The lowest BCUT2D eigenvalue weighted by Gasteiger charge is -2.25. The van der Waals surface area contributed by atoms with Crippen LogP contribution in [0.4, 0.5) is 0 Å². The van der Waals surface area contributed by atoms with Gasteiger partial charge in [0.2, 0.25) is 0 Å². The summed E-state index contributed by atoms with van der Waals surface area (Å²) in [6, 6.07) is 6.20. The minimum atomic E-state index is 0.490. The maximum Gasteiger partial charge on any atom is 0.136 e. The van der Waals surface area contributed by atoms with Gasteiger partial charge in [0.05, 0.1) is 74.7 Å². The van der Waals surface area contributed by atoms with Gasteiger partial charge in [-0.25, -0.2) is 0 Å². The Morgan fingerprint density at radius 3 is 0.917 bits per heavy atom. The Bertz CT molecular complexity index is 1210. The lowest BCUT2D eigenvalue weighted by molar-refractivity contribution is 0.349. The minimum absolute atomic E-state index is 0.490. The van der Waals surface area contributed by atoms with Crippen LogP contribution in [0.15, 0.2) is 18.2 Å². The molecule has 4 rings (SSSR count). The second kappa shape index (κ2) is 10.1. The standard InChI is InChI=1S/C27H36N6O3/c1-16-10-19(4)31(28-16)13-22-25(34-7)23(14-32-20(5)11-17(2)29-32)27(36-9)24(26(22)35-8)15-33-21(6)12-18(3)30-33/h10-12H,13-15H2,1-9H3. The lowest BCUT2D eigenvalue weighted by atomic mass is 9.99. The molecular formula is C27H36N6O3. The number of nitrogens with zero attached hydrogens (tertiary/aromatic N) is 6. The van der Waals surface area contributed by atoms with Crippen LogP contribution in [0.2, 0.25) is 0 Å². The predicted molar refractivity (Wildman–Crippen MR) is 139 cm³/mol. The van der Waals surface area contributed by atoms with Crippen molar-refractivity contribution in [2.75, 3.05) is 21.3 Å². The SMILES string of the molecule is COc1c(Cn2nc(C)cc2C)c(OC)c(Cn2nc(C)cc2C)c(OC)c1Cn1nc(C)cc1C. The zero-order valence-electron chi connectivity index (χ0n) is 22.8. The van der Waals surface area contributed by atoms with E-state index in [1.165, 1.54) is 0 Å². The van der Waals surface area contributed by atoms with E-state index in [0.717, 1.165) is 50.9 Å². The average Bonchev–Trinajstić information content (AvgIpc) is 3.43. The van der Waals surface area contributed by atoms with Crippen LogP contribution < -0.4 is 14.2 Å². The number of rotatable bonds is 9. The third kappa shape index (κ3) is 4.69. The molecule has 36 heavy (non-hydrogen) atoms. The summed E-state index contributed by atoms with van der Waals surface area (Å²) in [5.74, 6) is 2.13. The summed E-state index contributed by atoms with van der Waals surface area (Å²) in [6.45, 7) is 13.6. The molecule has 0 radical (unpaired) electrons. The maximum atomic E-state index is 6.07. The van der Waals surface area contributed by atoms with Gasteiger partial charge < -0.3 is 14.2 Å². The highest BCUT2D eigenvalue weighted by Gasteiger charge is 2.28. The third-order valence-electron chi connectivity index (χ3n) is 6.49. The van der Waals surface area contributed by atoms with Crippen molar-refractivity contribution in [2.45, 2.75) is 61.2 Å². The van der Waals surface area contributed by atoms with Crippen LogP contribution in [0.1, 0.15) is 50.9 Å². The first-order valence-electron chi connectivity index (χ1n) is 12.0. The van der Waals surface area contributed by atoms with Gasteiger partial charge in [0.15, 0.2) is 0 Å². The Balaban J connectivity index is 1.99. The molecule has 9 heteroatoms. The van der Waals surface area contributed by atoms with E-state index in [-0.39, 0.29) is 0 Å². The highest BCUT2D eigenvalue weighted by Crippen LogP contribution is 2.45. The third-order valence-corrected chi connectivity index (χ3v) is 6.49. The quantitative estimate of drug-likeness (QED) is 0.347. The number of ether oxygens (including phenoxy) is 3. The first kappa shape index (κ1) is 25.3. The molecule has 1 aromatic carbocycles. The number of hydrogen-bond acceptors (Lipinski definition) is 6. The van der Waals surface area contributed by atoms with E-state index in [2.05, 4.69) is 39.0 Å². The van der Waals surface area contributed by atoms with E-state index in [1.807, 2.05) is 34.8 Å². The topological polar surface area (TPSA) is 81.1 Å². The van der Waals surface area contributed by atoms with Gasteiger partial charge in [-0.15, -0.1) is 0 Å². The van der Waals surface area contributed by atoms with Gasteiger partial charge >= 0.3 is 0 Å². The summed E-state index contributed by atoms with van der Waals surface area (Å²) in [7, 11) is 5.05. The zero-order chi connectivity index (χ0) is 26.1. The van der Waals surface area contributed by atoms with Crippen LogP contribution in [0, 0.1) is 41.5 Å². The second-order valence-corrected chi connectivity index (χ2v) is 9.29. The van der Waals surface area contributed by atoms with Crippen molar-refractivity contribution in [2.24, 2.45) is 0 Å². The van der Waals surface area contributed by atoms with E-state index in [9.17, 15) is 0 Å². The highest BCUT2D eigenvalue weighted by atomic mass is 16.5. The Morgan fingerprint density at radius 2 is 0.750 bits per heavy atom. The smallest absolute Gasteiger partial charge is 0.136 e. The van der Waals surface area contributed by atoms with Crippen molar-refractivity contribution in [3.05, 3.63) is 69.1 Å². The zero-order valence-corrected chi connectivity index (χ0v) is 22.8. The number of hydrogen-bond donors (Lipinski definition) is 0. The molecule has 0 bridgehead atoms. The van der Waals surface area contributed by atoms with Gasteiger partial charge in [-0.3, -0.25) is 14.0 Å².